The van der Waals surface area contributed by atoms with Crippen molar-refractivity contribution in [1.29, 1.82) is 0 Å². The third-order valence-electron chi connectivity index (χ3n) is 2.76. The van der Waals surface area contributed by atoms with Gasteiger partial charge in [-0.05, 0) is 17.7 Å². The van der Waals surface area contributed by atoms with Gasteiger partial charge in [-0.1, -0.05) is 0 Å². The van der Waals surface area contributed by atoms with Crippen LogP contribution in [-0.2, 0) is 13.1 Å². The van der Waals surface area contributed by atoms with Crippen LogP contribution in [0.1, 0.15) is 5.56 Å². The minimum Gasteiger partial charge on any atom is -0.305 e. The molecule has 0 amide bonds. The van der Waals surface area contributed by atoms with Crippen LogP contribution in [-0.4, -0.2) is 15.3 Å². The maximum absolute atomic E-state index is 13.0. The lowest BCUT2D eigenvalue weighted by atomic mass is 10.2. The molecular weight excluding hydrogens is 311 g/mol. The average Bonchev–Trinajstić information content (AvgIpc) is 2.36. The Bertz CT molecular complexity index is 787. The topological polar surface area (TPSA) is 44.0 Å². The van der Waals surface area contributed by atoms with Gasteiger partial charge in [0.1, 0.15) is 18.2 Å². The molecule has 1 heterocycles. The monoisotopic (exact) mass is 320 g/mol. The molecule has 0 fully saturated rings. The predicted octanol–water partition coefficient (Wildman–Crippen LogP) is 1.90. The molecule has 0 bridgehead atoms. The van der Waals surface area contributed by atoms with Gasteiger partial charge in [0.15, 0.2) is 0 Å². The van der Waals surface area contributed by atoms with E-state index in [9.17, 15) is 31.5 Å². The Balaban J connectivity index is 2.36. The van der Waals surface area contributed by atoms with Gasteiger partial charge in [0.2, 0.25) is 0 Å². The van der Waals surface area contributed by atoms with Gasteiger partial charge in [0, 0.05) is 18.5 Å². The molecular formula is C13H9F5N2O2. The van der Waals surface area contributed by atoms with Gasteiger partial charge in [-0.3, -0.25) is 9.59 Å². The van der Waals surface area contributed by atoms with Crippen molar-refractivity contribution in [2.45, 2.75) is 19.3 Å². The largest absolute Gasteiger partial charge is 0.406 e. The van der Waals surface area contributed by atoms with Gasteiger partial charge in [0.05, 0.1) is 6.54 Å². The third-order valence-corrected chi connectivity index (χ3v) is 2.76. The summed E-state index contributed by atoms with van der Waals surface area (Å²) in [4.78, 5) is 23.3. The van der Waals surface area contributed by atoms with Crippen LogP contribution >= 0.6 is 0 Å². The van der Waals surface area contributed by atoms with Crippen molar-refractivity contribution in [1.82, 2.24) is 9.13 Å². The summed E-state index contributed by atoms with van der Waals surface area (Å²) in [5, 5.41) is 0. The standard InChI is InChI=1S/C13H9F5N2O2/c14-9-3-8(4-10(15)5-9)6-19-1-2-20(7-13(16,17)18)12(22)11(19)21/h1-5H,6-7H2. The van der Waals surface area contributed by atoms with Gasteiger partial charge in [-0.2, -0.15) is 13.2 Å². The maximum Gasteiger partial charge on any atom is 0.406 e. The molecule has 2 aromatic rings. The summed E-state index contributed by atoms with van der Waals surface area (Å²) in [6.45, 7) is -1.92. The number of nitrogens with zero attached hydrogens (tertiary/aromatic N) is 2. The van der Waals surface area contributed by atoms with Crippen LogP contribution in [0.25, 0.3) is 0 Å². The molecule has 0 saturated carbocycles. The van der Waals surface area contributed by atoms with Crippen molar-refractivity contribution >= 4 is 0 Å². The fourth-order valence-corrected chi connectivity index (χ4v) is 1.88. The summed E-state index contributed by atoms with van der Waals surface area (Å²) in [6, 6.07) is 2.54. The van der Waals surface area contributed by atoms with E-state index in [1.807, 2.05) is 0 Å². The summed E-state index contributed by atoms with van der Waals surface area (Å²) in [6.07, 6.45) is -2.89. The van der Waals surface area contributed by atoms with Gasteiger partial charge in [-0.15, -0.1) is 0 Å². The SMILES string of the molecule is O=c1c(=O)n(CC(F)(F)F)ccn1Cc1cc(F)cc(F)c1. The second-order valence-corrected chi connectivity index (χ2v) is 4.56. The lowest BCUT2D eigenvalue weighted by Crippen LogP contribution is -2.42. The molecule has 9 heteroatoms. The highest BCUT2D eigenvalue weighted by Crippen LogP contribution is 2.15. The van der Waals surface area contributed by atoms with Crippen LogP contribution in [0.15, 0.2) is 40.2 Å². The zero-order valence-corrected chi connectivity index (χ0v) is 10.9. The second kappa shape index (κ2) is 5.74. The highest BCUT2D eigenvalue weighted by molar-refractivity contribution is 5.18. The first-order chi connectivity index (χ1) is 10.2. The number of benzene rings is 1. The fourth-order valence-electron chi connectivity index (χ4n) is 1.88. The molecule has 0 aliphatic carbocycles. The molecule has 0 unspecified atom stereocenters. The van der Waals surface area contributed by atoms with Crippen molar-refractivity contribution < 1.29 is 22.0 Å². The minimum absolute atomic E-state index is 0.0626. The van der Waals surface area contributed by atoms with Gasteiger partial charge < -0.3 is 9.13 Å². The van der Waals surface area contributed by atoms with Crippen LogP contribution in [0.5, 0.6) is 0 Å². The van der Waals surface area contributed by atoms with E-state index in [0.29, 0.717) is 6.07 Å². The molecule has 0 aliphatic rings. The van der Waals surface area contributed by atoms with Crippen molar-refractivity contribution in [3.05, 3.63) is 68.5 Å². The summed E-state index contributed by atoms with van der Waals surface area (Å²) < 4.78 is 63.8. The van der Waals surface area contributed by atoms with Crippen LogP contribution in [0, 0.1) is 11.6 Å². The number of halogens is 5. The van der Waals surface area contributed by atoms with E-state index >= 15 is 0 Å². The van der Waals surface area contributed by atoms with Crippen molar-refractivity contribution in [2.24, 2.45) is 0 Å². The first-order valence-electron chi connectivity index (χ1n) is 5.97. The number of hydrogen-bond acceptors (Lipinski definition) is 2. The number of alkyl halides is 3. The maximum atomic E-state index is 13.0. The lowest BCUT2D eigenvalue weighted by molar-refractivity contribution is -0.141. The number of rotatable bonds is 3. The summed E-state index contributed by atoms with van der Waals surface area (Å²) >= 11 is 0. The smallest absolute Gasteiger partial charge is 0.305 e. The van der Waals surface area contributed by atoms with Crippen LogP contribution < -0.4 is 11.1 Å². The molecule has 22 heavy (non-hydrogen) atoms. The van der Waals surface area contributed by atoms with E-state index in [-0.39, 0.29) is 16.7 Å². The first kappa shape index (κ1) is 15.9. The Labute approximate surface area is 120 Å². The van der Waals surface area contributed by atoms with Gasteiger partial charge >= 0.3 is 17.3 Å². The molecule has 118 valence electrons. The predicted molar refractivity (Wildman–Crippen MR) is 66.5 cm³/mol. The Hall–Kier alpha value is -2.45. The van der Waals surface area contributed by atoms with E-state index in [0.717, 1.165) is 29.1 Å². The molecule has 0 spiro atoms. The third kappa shape index (κ3) is 3.80. The van der Waals surface area contributed by atoms with E-state index in [1.165, 1.54) is 0 Å². The van der Waals surface area contributed by atoms with Crippen molar-refractivity contribution in [3.8, 4) is 0 Å². The Morgan fingerprint density at radius 1 is 0.864 bits per heavy atom. The molecule has 0 atom stereocenters. The molecule has 2 rings (SSSR count). The highest BCUT2D eigenvalue weighted by atomic mass is 19.4. The molecule has 0 saturated heterocycles. The zero-order chi connectivity index (χ0) is 16.5. The molecule has 0 N–H and O–H groups in total. The van der Waals surface area contributed by atoms with E-state index in [1.54, 1.807) is 0 Å². The van der Waals surface area contributed by atoms with E-state index < -0.39 is 35.5 Å². The second-order valence-electron chi connectivity index (χ2n) is 4.56. The van der Waals surface area contributed by atoms with Gasteiger partial charge in [-0.25, -0.2) is 8.78 Å². The van der Waals surface area contributed by atoms with Crippen LogP contribution in [0.4, 0.5) is 22.0 Å². The Kier molecular flexibility index (Phi) is 4.16. The Morgan fingerprint density at radius 3 is 1.91 bits per heavy atom. The number of aromatic nitrogens is 2. The van der Waals surface area contributed by atoms with Crippen molar-refractivity contribution in [3.63, 3.8) is 0 Å². The van der Waals surface area contributed by atoms with Crippen LogP contribution in [0.3, 0.4) is 0 Å². The molecule has 0 radical (unpaired) electrons. The molecule has 4 nitrogen and oxygen atoms in total. The van der Waals surface area contributed by atoms with Gasteiger partial charge in [0.25, 0.3) is 0 Å². The zero-order valence-electron chi connectivity index (χ0n) is 10.9. The lowest BCUT2D eigenvalue weighted by Gasteiger charge is -2.11. The molecule has 1 aromatic heterocycles. The summed E-state index contributed by atoms with van der Waals surface area (Å²) in [7, 11) is 0. The first-order valence-corrected chi connectivity index (χ1v) is 5.97. The summed E-state index contributed by atoms with van der Waals surface area (Å²) in [5.41, 5.74) is -2.51. The molecule has 1 aromatic carbocycles. The van der Waals surface area contributed by atoms with Crippen LogP contribution in [0.2, 0.25) is 0 Å². The van der Waals surface area contributed by atoms with E-state index in [2.05, 4.69) is 0 Å². The average molecular weight is 320 g/mol. The quantitative estimate of drug-likeness (QED) is 0.640. The minimum atomic E-state index is -4.64. The van der Waals surface area contributed by atoms with E-state index in [4.69, 9.17) is 0 Å². The molecule has 0 aliphatic heterocycles. The normalized spacial score (nSPS) is 11.7. The Morgan fingerprint density at radius 2 is 1.36 bits per heavy atom. The summed E-state index contributed by atoms with van der Waals surface area (Å²) in [5.74, 6) is -1.73. The number of hydrogen-bond donors (Lipinski definition) is 0. The van der Waals surface area contributed by atoms with Crippen molar-refractivity contribution in [2.75, 3.05) is 0 Å². The fraction of sp³-hybridized carbons (Fsp3) is 0.231. The highest BCUT2D eigenvalue weighted by Gasteiger charge is 2.28.